The molecule has 0 saturated carbocycles. The minimum atomic E-state index is -0.889. The zero-order valence-electron chi connectivity index (χ0n) is 9.40. The summed E-state index contributed by atoms with van der Waals surface area (Å²) in [5.41, 5.74) is 1.24. The molecule has 0 atom stereocenters. The summed E-state index contributed by atoms with van der Waals surface area (Å²) in [5, 5.41) is 11.7. The second-order valence-corrected chi connectivity index (χ2v) is 3.42. The van der Waals surface area contributed by atoms with E-state index in [1.54, 1.807) is 19.2 Å². The number of aliphatic carboxylic acids is 1. The Balaban J connectivity index is 2.36. The topological polar surface area (TPSA) is 75.1 Å². The summed E-state index contributed by atoms with van der Waals surface area (Å²) in [6.07, 6.45) is 3.34. The SMILES string of the molecule is C/C(=C/CNCc1ccnc(C)n1)C(=O)O. The minimum absolute atomic E-state index is 0.339. The standard InChI is InChI=1S/C11H15N3O2/c1-8(11(15)16)3-5-12-7-10-4-6-13-9(2)14-10/h3-4,6,12H,5,7H2,1-2H3,(H,15,16)/b8-3-. The van der Waals surface area contributed by atoms with Crippen LogP contribution in [0.3, 0.4) is 0 Å². The van der Waals surface area contributed by atoms with Crippen molar-refractivity contribution in [1.29, 1.82) is 0 Å². The monoisotopic (exact) mass is 221 g/mol. The van der Waals surface area contributed by atoms with Gasteiger partial charge in [0, 0.05) is 24.9 Å². The zero-order chi connectivity index (χ0) is 12.0. The third-order valence-corrected chi connectivity index (χ3v) is 2.03. The number of carbonyl (C=O) groups is 1. The number of rotatable bonds is 5. The molecule has 0 unspecified atom stereocenters. The van der Waals surface area contributed by atoms with Crippen LogP contribution in [-0.2, 0) is 11.3 Å². The Kier molecular flexibility index (Phi) is 4.60. The first kappa shape index (κ1) is 12.3. The Morgan fingerprint density at radius 2 is 2.38 bits per heavy atom. The third-order valence-electron chi connectivity index (χ3n) is 2.03. The van der Waals surface area contributed by atoms with Gasteiger partial charge in [-0.25, -0.2) is 14.8 Å². The number of nitrogens with zero attached hydrogens (tertiary/aromatic N) is 2. The highest BCUT2D eigenvalue weighted by Gasteiger charge is 1.98. The lowest BCUT2D eigenvalue weighted by Crippen LogP contribution is -2.15. The number of carboxylic acid groups (broad SMARTS) is 1. The molecular weight excluding hydrogens is 206 g/mol. The van der Waals surface area contributed by atoms with Gasteiger partial charge in [0.25, 0.3) is 0 Å². The van der Waals surface area contributed by atoms with E-state index >= 15 is 0 Å². The van der Waals surface area contributed by atoms with E-state index in [0.29, 0.717) is 18.7 Å². The van der Waals surface area contributed by atoms with Gasteiger partial charge in [-0.15, -0.1) is 0 Å². The number of nitrogens with one attached hydrogen (secondary N) is 1. The smallest absolute Gasteiger partial charge is 0.330 e. The van der Waals surface area contributed by atoms with Crippen molar-refractivity contribution in [2.45, 2.75) is 20.4 Å². The fourth-order valence-electron chi connectivity index (χ4n) is 1.12. The van der Waals surface area contributed by atoms with Gasteiger partial charge in [-0.3, -0.25) is 0 Å². The Labute approximate surface area is 94.2 Å². The molecule has 86 valence electrons. The summed E-state index contributed by atoms with van der Waals surface area (Å²) in [7, 11) is 0. The van der Waals surface area contributed by atoms with Crippen molar-refractivity contribution in [3.63, 3.8) is 0 Å². The average molecular weight is 221 g/mol. The van der Waals surface area contributed by atoms with Crippen LogP contribution < -0.4 is 5.32 Å². The molecule has 1 rings (SSSR count). The summed E-state index contributed by atoms with van der Waals surface area (Å²) in [4.78, 5) is 18.7. The van der Waals surface area contributed by atoms with Gasteiger partial charge in [-0.1, -0.05) is 6.08 Å². The van der Waals surface area contributed by atoms with Crippen molar-refractivity contribution in [2.75, 3.05) is 6.54 Å². The van der Waals surface area contributed by atoms with Crippen LogP contribution >= 0.6 is 0 Å². The maximum absolute atomic E-state index is 10.5. The van der Waals surface area contributed by atoms with Crippen LogP contribution in [0, 0.1) is 6.92 Å². The van der Waals surface area contributed by atoms with Gasteiger partial charge < -0.3 is 10.4 Å². The Hall–Kier alpha value is -1.75. The molecule has 16 heavy (non-hydrogen) atoms. The quantitative estimate of drug-likeness (QED) is 0.571. The fourth-order valence-corrected chi connectivity index (χ4v) is 1.12. The Morgan fingerprint density at radius 3 is 3.00 bits per heavy atom. The summed E-state index contributed by atoms with van der Waals surface area (Å²) in [6.45, 7) is 4.52. The molecule has 0 aliphatic carbocycles. The second-order valence-electron chi connectivity index (χ2n) is 3.42. The molecule has 1 aromatic rings. The number of aryl methyl sites for hydroxylation is 1. The predicted molar refractivity (Wildman–Crippen MR) is 59.9 cm³/mol. The third kappa shape index (κ3) is 4.18. The molecule has 0 aliphatic heterocycles. The Morgan fingerprint density at radius 1 is 1.62 bits per heavy atom. The molecule has 0 aromatic carbocycles. The molecular formula is C11H15N3O2. The van der Waals surface area contributed by atoms with Gasteiger partial charge in [0.2, 0.25) is 0 Å². The molecule has 0 spiro atoms. The van der Waals surface area contributed by atoms with Crippen molar-refractivity contribution in [2.24, 2.45) is 0 Å². The number of hydrogen-bond donors (Lipinski definition) is 2. The molecule has 0 bridgehead atoms. The van der Waals surface area contributed by atoms with Crippen molar-refractivity contribution in [1.82, 2.24) is 15.3 Å². The fraction of sp³-hybridized carbons (Fsp3) is 0.364. The van der Waals surface area contributed by atoms with Gasteiger partial charge in [-0.2, -0.15) is 0 Å². The Bertz CT molecular complexity index is 402. The van der Waals surface area contributed by atoms with E-state index in [1.165, 1.54) is 0 Å². The first-order chi connectivity index (χ1) is 7.59. The van der Waals surface area contributed by atoms with Crippen LogP contribution in [-0.4, -0.2) is 27.6 Å². The van der Waals surface area contributed by atoms with Crippen molar-refractivity contribution in [3.05, 3.63) is 35.4 Å². The van der Waals surface area contributed by atoms with Crippen molar-refractivity contribution >= 4 is 5.97 Å². The van der Waals surface area contributed by atoms with Gasteiger partial charge in [0.15, 0.2) is 0 Å². The molecule has 1 aromatic heterocycles. The molecule has 5 nitrogen and oxygen atoms in total. The number of aromatic nitrogens is 2. The normalized spacial score (nSPS) is 11.5. The number of carboxylic acids is 1. The zero-order valence-corrected chi connectivity index (χ0v) is 9.40. The summed E-state index contributed by atoms with van der Waals surface area (Å²) >= 11 is 0. The van der Waals surface area contributed by atoms with Crippen LogP contribution in [0.4, 0.5) is 0 Å². The molecule has 0 radical (unpaired) electrons. The minimum Gasteiger partial charge on any atom is -0.478 e. The van der Waals surface area contributed by atoms with Crippen LogP contribution in [0.5, 0.6) is 0 Å². The summed E-state index contributed by atoms with van der Waals surface area (Å²) in [5.74, 6) is -0.156. The molecule has 1 heterocycles. The lowest BCUT2D eigenvalue weighted by Gasteiger charge is -2.02. The van der Waals surface area contributed by atoms with Gasteiger partial charge in [0.05, 0.1) is 5.69 Å². The van der Waals surface area contributed by atoms with Crippen LogP contribution in [0.15, 0.2) is 23.9 Å². The summed E-state index contributed by atoms with van der Waals surface area (Å²) in [6, 6.07) is 1.83. The van der Waals surface area contributed by atoms with E-state index in [-0.39, 0.29) is 0 Å². The van der Waals surface area contributed by atoms with E-state index in [1.807, 2.05) is 13.0 Å². The van der Waals surface area contributed by atoms with E-state index in [4.69, 9.17) is 5.11 Å². The van der Waals surface area contributed by atoms with Crippen LogP contribution in [0.1, 0.15) is 18.4 Å². The van der Waals surface area contributed by atoms with Crippen molar-refractivity contribution in [3.8, 4) is 0 Å². The maximum atomic E-state index is 10.5. The molecule has 2 N–H and O–H groups in total. The highest BCUT2D eigenvalue weighted by Crippen LogP contribution is 1.94. The average Bonchev–Trinajstić information content (AvgIpc) is 2.24. The first-order valence-electron chi connectivity index (χ1n) is 4.99. The van der Waals surface area contributed by atoms with Crippen molar-refractivity contribution < 1.29 is 9.90 Å². The van der Waals surface area contributed by atoms with E-state index in [9.17, 15) is 4.79 Å². The predicted octanol–water partition coefficient (Wildman–Crippen LogP) is 0.906. The van der Waals surface area contributed by atoms with Gasteiger partial charge >= 0.3 is 5.97 Å². The highest BCUT2D eigenvalue weighted by atomic mass is 16.4. The molecule has 0 fully saturated rings. The highest BCUT2D eigenvalue weighted by molar-refractivity contribution is 5.85. The lowest BCUT2D eigenvalue weighted by molar-refractivity contribution is -0.132. The largest absolute Gasteiger partial charge is 0.478 e. The van der Waals surface area contributed by atoms with E-state index < -0.39 is 5.97 Å². The molecule has 0 amide bonds. The lowest BCUT2D eigenvalue weighted by atomic mass is 10.3. The second kappa shape index (κ2) is 5.97. The van der Waals surface area contributed by atoms with E-state index in [0.717, 1.165) is 11.5 Å². The molecule has 5 heteroatoms. The first-order valence-corrected chi connectivity index (χ1v) is 4.99. The van der Waals surface area contributed by atoms with Crippen LogP contribution in [0.2, 0.25) is 0 Å². The summed E-state index contributed by atoms with van der Waals surface area (Å²) < 4.78 is 0. The van der Waals surface area contributed by atoms with Gasteiger partial charge in [-0.05, 0) is 19.9 Å². The number of hydrogen-bond acceptors (Lipinski definition) is 4. The molecule has 0 saturated heterocycles. The van der Waals surface area contributed by atoms with E-state index in [2.05, 4.69) is 15.3 Å². The molecule has 0 aliphatic rings. The maximum Gasteiger partial charge on any atom is 0.330 e. The van der Waals surface area contributed by atoms with Gasteiger partial charge in [0.1, 0.15) is 5.82 Å². The van der Waals surface area contributed by atoms with Crippen LogP contribution in [0.25, 0.3) is 0 Å².